The summed E-state index contributed by atoms with van der Waals surface area (Å²) >= 11 is 2.27. The molecule has 0 aliphatic rings. The molecule has 3 heteroatoms. The lowest BCUT2D eigenvalue weighted by Crippen LogP contribution is -2.21. The Balaban J connectivity index is 2.95. The number of halogens is 1. The van der Waals surface area contributed by atoms with Gasteiger partial charge in [0.1, 0.15) is 0 Å². The van der Waals surface area contributed by atoms with Crippen LogP contribution in [0.2, 0.25) is 0 Å². The number of hydrogen-bond donors (Lipinski definition) is 1. The summed E-state index contributed by atoms with van der Waals surface area (Å²) in [6.45, 7) is 1.78. The van der Waals surface area contributed by atoms with E-state index in [1.54, 1.807) is 6.92 Å². The van der Waals surface area contributed by atoms with E-state index in [-0.39, 0.29) is 0 Å². The minimum Gasteiger partial charge on any atom is -0.334 e. The zero-order chi connectivity index (χ0) is 9.14. The van der Waals surface area contributed by atoms with Crippen LogP contribution in [-0.4, -0.2) is 12.9 Å². The lowest BCUT2D eigenvalue weighted by molar-refractivity contribution is 1.21. The topological polar surface area (TPSA) is 27.1 Å². The molecule has 0 bridgehead atoms. The van der Waals surface area contributed by atoms with Crippen molar-refractivity contribution < 1.29 is 0 Å². The molecule has 0 aliphatic heterocycles. The Morgan fingerprint density at radius 3 is 2.67 bits per heavy atom. The number of hydrogen-bond acceptors (Lipinski definition) is 1. The van der Waals surface area contributed by atoms with E-state index in [1.165, 1.54) is 3.57 Å². The van der Waals surface area contributed by atoms with Crippen LogP contribution in [0.25, 0.3) is 0 Å². The molecule has 0 heterocycles. The molecule has 0 saturated carbocycles. The number of nitrogens with zero attached hydrogens (tertiary/aromatic N) is 1. The number of anilines is 1. The van der Waals surface area contributed by atoms with Gasteiger partial charge in [-0.1, -0.05) is 6.07 Å². The molecule has 0 aromatic heterocycles. The van der Waals surface area contributed by atoms with Crippen molar-refractivity contribution in [3.63, 3.8) is 0 Å². The molecule has 0 atom stereocenters. The Labute approximate surface area is 86.2 Å². The predicted molar refractivity (Wildman–Crippen MR) is 61.0 cm³/mol. The minimum atomic E-state index is 0.553. The molecule has 2 nitrogen and oxygen atoms in total. The lowest BCUT2D eigenvalue weighted by atomic mass is 10.3. The Morgan fingerprint density at radius 1 is 1.50 bits per heavy atom. The molecule has 1 aromatic rings. The molecular weight excluding hydrogens is 263 g/mol. The molecule has 1 N–H and O–H groups in total. The van der Waals surface area contributed by atoms with Crippen molar-refractivity contribution in [3.05, 3.63) is 27.8 Å². The second-order valence-electron chi connectivity index (χ2n) is 2.62. The maximum absolute atomic E-state index is 7.43. The van der Waals surface area contributed by atoms with E-state index in [4.69, 9.17) is 5.41 Å². The third-order valence-electron chi connectivity index (χ3n) is 1.70. The van der Waals surface area contributed by atoms with Crippen LogP contribution < -0.4 is 4.90 Å². The van der Waals surface area contributed by atoms with Gasteiger partial charge in [-0.15, -0.1) is 0 Å². The number of amidine groups is 1. The van der Waals surface area contributed by atoms with Gasteiger partial charge in [-0.2, -0.15) is 0 Å². The largest absolute Gasteiger partial charge is 0.334 e. The monoisotopic (exact) mass is 274 g/mol. The quantitative estimate of drug-likeness (QED) is 0.476. The van der Waals surface area contributed by atoms with E-state index in [0.717, 1.165) is 5.69 Å². The zero-order valence-electron chi connectivity index (χ0n) is 7.13. The zero-order valence-corrected chi connectivity index (χ0v) is 9.29. The summed E-state index contributed by atoms with van der Waals surface area (Å²) in [6.07, 6.45) is 0. The van der Waals surface area contributed by atoms with E-state index in [1.807, 2.05) is 30.1 Å². The van der Waals surface area contributed by atoms with Crippen molar-refractivity contribution in [2.45, 2.75) is 6.92 Å². The summed E-state index contributed by atoms with van der Waals surface area (Å²) in [5.74, 6) is 0.553. The van der Waals surface area contributed by atoms with E-state index < -0.39 is 0 Å². The standard InChI is InChI=1S/C9H11IN2/c1-7(11)12(2)9-5-3-4-8(10)6-9/h3-6,11H,1-2H3. The first-order valence-electron chi connectivity index (χ1n) is 3.65. The highest BCUT2D eigenvalue weighted by atomic mass is 127. The summed E-state index contributed by atoms with van der Waals surface area (Å²) < 4.78 is 1.19. The van der Waals surface area contributed by atoms with Gasteiger partial charge >= 0.3 is 0 Å². The highest BCUT2D eigenvalue weighted by molar-refractivity contribution is 14.1. The highest BCUT2D eigenvalue weighted by Crippen LogP contribution is 2.15. The van der Waals surface area contributed by atoms with Crippen molar-refractivity contribution in [1.29, 1.82) is 5.41 Å². The first kappa shape index (κ1) is 9.51. The van der Waals surface area contributed by atoms with Crippen molar-refractivity contribution in [1.82, 2.24) is 0 Å². The van der Waals surface area contributed by atoms with Gasteiger partial charge in [0.15, 0.2) is 0 Å². The Hall–Kier alpha value is -0.580. The molecule has 0 saturated heterocycles. The van der Waals surface area contributed by atoms with E-state index >= 15 is 0 Å². The molecule has 64 valence electrons. The average molecular weight is 274 g/mol. The second-order valence-corrected chi connectivity index (χ2v) is 3.87. The Morgan fingerprint density at radius 2 is 2.17 bits per heavy atom. The summed E-state index contributed by atoms with van der Waals surface area (Å²) in [5, 5.41) is 7.43. The average Bonchev–Trinajstić information content (AvgIpc) is 2.03. The Kier molecular flexibility index (Phi) is 3.08. The third kappa shape index (κ3) is 2.20. The fraction of sp³-hybridized carbons (Fsp3) is 0.222. The maximum atomic E-state index is 7.43. The van der Waals surface area contributed by atoms with Gasteiger partial charge in [0, 0.05) is 16.3 Å². The van der Waals surface area contributed by atoms with Gasteiger partial charge in [0.2, 0.25) is 0 Å². The fourth-order valence-corrected chi connectivity index (χ4v) is 1.41. The van der Waals surface area contributed by atoms with Crippen molar-refractivity contribution >= 4 is 34.1 Å². The summed E-state index contributed by atoms with van der Waals surface area (Å²) in [5.41, 5.74) is 1.06. The highest BCUT2D eigenvalue weighted by Gasteiger charge is 2.01. The predicted octanol–water partition coefficient (Wildman–Crippen LogP) is 2.72. The molecular formula is C9H11IN2. The third-order valence-corrected chi connectivity index (χ3v) is 2.37. The van der Waals surface area contributed by atoms with E-state index in [2.05, 4.69) is 28.7 Å². The first-order valence-corrected chi connectivity index (χ1v) is 4.73. The molecule has 1 aromatic carbocycles. The number of rotatable bonds is 1. The number of nitrogens with one attached hydrogen (secondary N) is 1. The maximum Gasteiger partial charge on any atom is 0.0968 e. The van der Waals surface area contributed by atoms with Gasteiger partial charge in [-0.3, -0.25) is 5.41 Å². The van der Waals surface area contributed by atoms with Crippen molar-refractivity contribution in [2.24, 2.45) is 0 Å². The Bertz CT molecular complexity index is 296. The van der Waals surface area contributed by atoms with Gasteiger partial charge in [-0.25, -0.2) is 0 Å². The second kappa shape index (κ2) is 3.89. The molecule has 0 amide bonds. The van der Waals surface area contributed by atoms with Crippen molar-refractivity contribution in [3.8, 4) is 0 Å². The lowest BCUT2D eigenvalue weighted by Gasteiger charge is -2.17. The van der Waals surface area contributed by atoms with E-state index in [0.29, 0.717) is 5.84 Å². The molecule has 12 heavy (non-hydrogen) atoms. The van der Waals surface area contributed by atoms with Crippen LogP contribution in [0.4, 0.5) is 5.69 Å². The summed E-state index contributed by atoms with van der Waals surface area (Å²) in [6, 6.07) is 8.09. The smallest absolute Gasteiger partial charge is 0.0968 e. The normalized spacial score (nSPS) is 9.58. The molecule has 0 radical (unpaired) electrons. The summed E-state index contributed by atoms with van der Waals surface area (Å²) in [4.78, 5) is 1.85. The van der Waals surface area contributed by atoms with Gasteiger partial charge < -0.3 is 4.90 Å². The van der Waals surface area contributed by atoms with Gasteiger partial charge in [0.05, 0.1) is 5.84 Å². The molecule has 0 aliphatic carbocycles. The number of benzene rings is 1. The first-order chi connectivity index (χ1) is 5.61. The van der Waals surface area contributed by atoms with Crippen LogP contribution in [0.3, 0.4) is 0 Å². The van der Waals surface area contributed by atoms with Crippen LogP contribution >= 0.6 is 22.6 Å². The molecule has 0 fully saturated rings. The molecule has 0 unspecified atom stereocenters. The van der Waals surface area contributed by atoms with Gasteiger partial charge in [0.25, 0.3) is 0 Å². The van der Waals surface area contributed by atoms with Gasteiger partial charge in [-0.05, 0) is 47.7 Å². The van der Waals surface area contributed by atoms with E-state index in [9.17, 15) is 0 Å². The van der Waals surface area contributed by atoms with Crippen LogP contribution in [0.1, 0.15) is 6.92 Å². The SMILES string of the molecule is CC(=N)N(C)c1cccc(I)c1. The molecule has 1 rings (SSSR count). The minimum absolute atomic E-state index is 0.553. The van der Waals surface area contributed by atoms with Crippen LogP contribution in [0.5, 0.6) is 0 Å². The van der Waals surface area contributed by atoms with Crippen molar-refractivity contribution in [2.75, 3.05) is 11.9 Å². The fourth-order valence-electron chi connectivity index (χ4n) is 0.878. The molecule has 0 spiro atoms. The summed E-state index contributed by atoms with van der Waals surface area (Å²) in [7, 11) is 1.90. The van der Waals surface area contributed by atoms with Crippen LogP contribution in [0.15, 0.2) is 24.3 Å². The van der Waals surface area contributed by atoms with Crippen LogP contribution in [-0.2, 0) is 0 Å². The van der Waals surface area contributed by atoms with Crippen LogP contribution in [0, 0.1) is 8.98 Å².